The van der Waals surface area contributed by atoms with Crippen molar-refractivity contribution in [3.05, 3.63) is 65.2 Å². The number of anilines is 1. The fourth-order valence-electron chi connectivity index (χ4n) is 2.95. The molecule has 0 spiro atoms. The van der Waals surface area contributed by atoms with E-state index in [2.05, 4.69) is 10.3 Å². The number of nitrogens with one attached hydrogen (secondary N) is 1. The van der Waals surface area contributed by atoms with Crippen LogP contribution in [0.4, 0.5) is 5.13 Å². The third kappa shape index (κ3) is 4.04. The van der Waals surface area contributed by atoms with Crippen LogP contribution in [-0.2, 0) is 9.53 Å². The first-order chi connectivity index (χ1) is 14.5. The van der Waals surface area contributed by atoms with Crippen LogP contribution in [0.15, 0.2) is 58.3 Å². The molecule has 0 aliphatic heterocycles. The maximum absolute atomic E-state index is 12.3. The van der Waals surface area contributed by atoms with Crippen molar-refractivity contribution in [2.45, 2.75) is 6.92 Å². The van der Waals surface area contributed by atoms with Crippen molar-refractivity contribution in [2.24, 2.45) is 0 Å². The average molecular weight is 422 g/mol. The van der Waals surface area contributed by atoms with E-state index in [0.717, 1.165) is 22.4 Å². The van der Waals surface area contributed by atoms with E-state index in [4.69, 9.17) is 13.9 Å². The Kier molecular flexibility index (Phi) is 5.49. The summed E-state index contributed by atoms with van der Waals surface area (Å²) in [4.78, 5) is 28.9. The van der Waals surface area contributed by atoms with E-state index in [0.29, 0.717) is 16.3 Å². The van der Waals surface area contributed by atoms with Crippen LogP contribution in [0.5, 0.6) is 5.75 Å². The fraction of sp³-hybridized carbons (Fsp3) is 0.136. The van der Waals surface area contributed by atoms with E-state index in [1.165, 1.54) is 11.3 Å². The van der Waals surface area contributed by atoms with Crippen LogP contribution in [0.25, 0.3) is 22.2 Å². The van der Waals surface area contributed by atoms with Crippen molar-refractivity contribution in [3.8, 4) is 17.0 Å². The van der Waals surface area contributed by atoms with Crippen molar-refractivity contribution in [3.63, 3.8) is 0 Å². The van der Waals surface area contributed by atoms with E-state index >= 15 is 0 Å². The fourth-order valence-corrected chi connectivity index (χ4v) is 3.68. The second-order valence-corrected chi connectivity index (χ2v) is 7.30. The van der Waals surface area contributed by atoms with Crippen molar-refractivity contribution in [1.82, 2.24) is 4.98 Å². The molecule has 2 aromatic carbocycles. The molecule has 1 amide bonds. The quantitative estimate of drug-likeness (QED) is 0.454. The first kappa shape index (κ1) is 19.7. The Balaban J connectivity index is 1.36. The Bertz CT molecular complexity index is 1210. The minimum Gasteiger partial charge on any atom is -0.497 e. The van der Waals surface area contributed by atoms with Crippen molar-refractivity contribution >= 4 is 39.3 Å². The molecule has 8 heteroatoms. The zero-order valence-electron chi connectivity index (χ0n) is 16.3. The molecule has 0 radical (unpaired) electrons. The molecule has 0 bridgehead atoms. The number of aromatic nitrogens is 1. The third-order valence-corrected chi connectivity index (χ3v) is 5.26. The van der Waals surface area contributed by atoms with Crippen LogP contribution in [0.3, 0.4) is 0 Å². The number of methoxy groups -OCH3 is 1. The molecular weight excluding hydrogens is 404 g/mol. The number of carbonyl (C=O) groups is 2. The summed E-state index contributed by atoms with van der Waals surface area (Å²) in [5.41, 5.74) is 2.91. The number of hydrogen-bond acceptors (Lipinski definition) is 7. The van der Waals surface area contributed by atoms with Gasteiger partial charge in [-0.25, -0.2) is 9.78 Å². The van der Waals surface area contributed by atoms with E-state index < -0.39 is 18.5 Å². The van der Waals surface area contributed by atoms with Gasteiger partial charge in [0.05, 0.1) is 12.8 Å². The van der Waals surface area contributed by atoms with Gasteiger partial charge in [-0.2, -0.15) is 0 Å². The van der Waals surface area contributed by atoms with Gasteiger partial charge in [0.1, 0.15) is 11.3 Å². The molecule has 0 atom stereocenters. The molecule has 0 saturated heterocycles. The van der Waals surface area contributed by atoms with Crippen molar-refractivity contribution in [1.29, 1.82) is 0 Å². The number of thiazole rings is 1. The second-order valence-electron chi connectivity index (χ2n) is 6.44. The van der Waals surface area contributed by atoms with Gasteiger partial charge in [-0.15, -0.1) is 11.3 Å². The molecule has 0 unspecified atom stereocenters. The molecule has 7 nitrogen and oxygen atoms in total. The lowest BCUT2D eigenvalue weighted by Gasteiger charge is -2.04. The van der Waals surface area contributed by atoms with Crippen molar-refractivity contribution < 1.29 is 23.5 Å². The number of rotatable bonds is 6. The van der Waals surface area contributed by atoms with Gasteiger partial charge < -0.3 is 13.9 Å². The van der Waals surface area contributed by atoms with Crippen LogP contribution < -0.4 is 10.1 Å². The van der Waals surface area contributed by atoms with Gasteiger partial charge in [-0.1, -0.05) is 18.2 Å². The summed E-state index contributed by atoms with van der Waals surface area (Å²) in [6.07, 6.45) is 0. The number of fused-ring (bicyclic) bond motifs is 1. The SMILES string of the molecule is COc1ccc(-c2csc(NC(=O)COC(=O)c3oc4ccccc4c3C)n2)cc1. The molecule has 0 aliphatic carbocycles. The summed E-state index contributed by atoms with van der Waals surface area (Å²) >= 11 is 1.29. The molecule has 2 heterocycles. The number of nitrogens with zero attached hydrogens (tertiary/aromatic N) is 1. The minimum atomic E-state index is -0.683. The molecule has 0 fully saturated rings. The van der Waals surface area contributed by atoms with Gasteiger partial charge in [0, 0.05) is 21.9 Å². The molecule has 4 rings (SSSR count). The van der Waals surface area contributed by atoms with Gasteiger partial charge in [0.2, 0.25) is 5.76 Å². The van der Waals surface area contributed by atoms with Crippen LogP contribution >= 0.6 is 11.3 Å². The molecule has 2 aromatic heterocycles. The Morgan fingerprint density at radius 3 is 2.63 bits per heavy atom. The lowest BCUT2D eigenvalue weighted by Crippen LogP contribution is -2.20. The highest BCUT2D eigenvalue weighted by atomic mass is 32.1. The maximum Gasteiger partial charge on any atom is 0.375 e. The van der Waals surface area contributed by atoms with Crippen LogP contribution in [0.2, 0.25) is 0 Å². The van der Waals surface area contributed by atoms with Crippen LogP contribution in [0.1, 0.15) is 16.1 Å². The predicted molar refractivity (Wildman–Crippen MR) is 114 cm³/mol. The predicted octanol–water partition coefficient (Wildman–Crippen LogP) is 4.67. The van der Waals surface area contributed by atoms with E-state index in [9.17, 15) is 9.59 Å². The van der Waals surface area contributed by atoms with Gasteiger partial charge >= 0.3 is 5.97 Å². The molecule has 4 aromatic rings. The lowest BCUT2D eigenvalue weighted by atomic mass is 10.1. The lowest BCUT2D eigenvalue weighted by molar-refractivity contribution is -0.119. The number of ether oxygens (including phenoxy) is 2. The number of hydrogen-bond donors (Lipinski definition) is 1. The zero-order chi connectivity index (χ0) is 21.1. The Hall–Kier alpha value is -3.65. The highest BCUT2D eigenvalue weighted by Crippen LogP contribution is 2.27. The normalized spacial score (nSPS) is 10.7. The van der Waals surface area contributed by atoms with E-state index in [1.54, 1.807) is 20.1 Å². The summed E-state index contributed by atoms with van der Waals surface area (Å²) < 4.78 is 15.8. The summed E-state index contributed by atoms with van der Waals surface area (Å²) in [6.45, 7) is 1.34. The minimum absolute atomic E-state index is 0.0973. The van der Waals surface area contributed by atoms with Crippen LogP contribution in [-0.4, -0.2) is 30.6 Å². The number of para-hydroxylation sites is 1. The number of aryl methyl sites for hydroxylation is 1. The molecule has 0 saturated carbocycles. The molecular formula is C22H18N2O5S. The van der Waals surface area contributed by atoms with Crippen molar-refractivity contribution in [2.75, 3.05) is 19.0 Å². The largest absolute Gasteiger partial charge is 0.497 e. The number of esters is 1. The second kappa shape index (κ2) is 8.38. The Labute approximate surface area is 176 Å². The summed E-state index contributed by atoms with van der Waals surface area (Å²) in [6, 6.07) is 14.8. The smallest absolute Gasteiger partial charge is 0.375 e. The van der Waals surface area contributed by atoms with E-state index in [1.807, 2.05) is 47.8 Å². The topological polar surface area (TPSA) is 90.7 Å². The van der Waals surface area contributed by atoms with Gasteiger partial charge in [0.25, 0.3) is 5.91 Å². The third-order valence-electron chi connectivity index (χ3n) is 4.50. The molecule has 30 heavy (non-hydrogen) atoms. The number of benzene rings is 2. The first-order valence-corrected chi connectivity index (χ1v) is 9.98. The molecule has 0 aliphatic rings. The average Bonchev–Trinajstić information content (AvgIpc) is 3.37. The maximum atomic E-state index is 12.3. The summed E-state index contributed by atoms with van der Waals surface area (Å²) in [7, 11) is 1.60. The molecule has 1 N–H and O–H groups in total. The zero-order valence-corrected chi connectivity index (χ0v) is 17.1. The standard InChI is InChI=1S/C22H18N2O5S/c1-13-16-5-3-4-6-18(16)29-20(13)21(26)28-11-19(25)24-22-23-17(12-30-22)14-7-9-15(27-2)10-8-14/h3-10,12H,11H2,1-2H3,(H,23,24,25). The number of furan rings is 1. The Morgan fingerprint density at radius 1 is 1.13 bits per heavy atom. The van der Waals surface area contributed by atoms with Crippen LogP contribution in [0, 0.1) is 6.92 Å². The monoisotopic (exact) mass is 422 g/mol. The highest BCUT2D eigenvalue weighted by Gasteiger charge is 2.20. The van der Waals surface area contributed by atoms with Gasteiger partial charge in [-0.3, -0.25) is 10.1 Å². The summed E-state index contributed by atoms with van der Waals surface area (Å²) in [5.74, 6) is -0.311. The highest BCUT2D eigenvalue weighted by molar-refractivity contribution is 7.14. The van der Waals surface area contributed by atoms with Gasteiger partial charge in [0.15, 0.2) is 11.7 Å². The molecule has 152 valence electrons. The number of amides is 1. The number of carbonyl (C=O) groups excluding carboxylic acids is 2. The van der Waals surface area contributed by atoms with Gasteiger partial charge in [-0.05, 0) is 37.3 Å². The van der Waals surface area contributed by atoms with E-state index in [-0.39, 0.29) is 5.76 Å². The Morgan fingerprint density at radius 2 is 1.90 bits per heavy atom. The summed E-state index contributed by atoms with van der Waals surface area (Å²) in [5, 5.41) is 5.73. The first-order valence-electron chi connectivity index (χ1n) is 9.10.